The van der Waals surface area contributed by atoms with Gasteiger partial charge in [0.05, 0.1) is 23.8 Å². The van der Waals surface area contributed by atoms with E-state index in [2.05, 4.69) is 10.1 Å². The van der Waals surface area contributed by atoms with Crippen molar-refractivity contribution in [1.82, 2.24) is 10.1 Å². The molecule has 0 spiro atoms. The molecule has 2 heterocycles. The lowest BCUT2D eigenvalue weighted by molar-refractivity contribution is 0.0470. The molecule has 0 amide bonds. The molecule has 2 aromatic rings. The predicted molar refractivity (Wildman–Crippen MR) is 87.7 cm³/mol. The summed E-state index contributed by atoms with van der Waals surface area (Å²) < 4.78 is 24.1. The average molecular weight is 349 g/mol. The van der Waals surface area contributed by atoms with Gasteiger partial charge in [-0.25, -0.2) is 9.18 Å². The van der Waals surface area contributed by atoms with Crippen LogP contribution in [0.15, 0.2) is 22.7 Å². The summed E-state index contributed by atoms with van der Waals surface area (Å²) in [5.74, 6) is -1.61. The third kappa shape index (κ3) is 3.21. The predicted octanol–water partition coefficient (Wildman–Crippen LogP) is 2.40. The first-order valence-electron chi connectivity index (χ1n) is 8.13. The lowest BCUT2D eigenvalue weighted by atomic mass is 9.99. The zero-order valence-electron chi connectivity index (χ0n) is 14.3. The zero-order valence-corrected chi connectivity index (χ0v) is 14.3. The molecule has 1 aromatic carbocycles. The number of nitrogens with zero attached hydrogens (tertiary/aromatic N) is 3. The van der Waals surface area contributed by atoms with E-state index in [-0.39, 0.29) is 29.9 Å². The van der Waals surface area contributed by atoms with Crippen LogP contribution >= 0.6 is 0 Å². The first kappa shape index (κ1) is 17.3. The van der Waals surface area contributed by atoms with Gasteiger partial charge in [0.25, 0.3) is 0 Å². The summed E-state index contributed by atoms with van der Waals surface area (Å²) >= 11 is 0. The molecule has 134 valence electrons. The highest BCUT2D eigenvalue weighted by Gasteiger charge is 2.39. The Kier molecular flexibility index (Phi) is 4.47. The van der Waals surface area contributed by atoms with E-state index >= 15 is 0 Å². The lowest BCUT2D eigenvalue weighted by Crippen LogP contribution is -2.40. The lowest BCUT2D eigenvalue weighted by Gasteiger charge is -2.29. The summed E-state index contributed by atoms with van der Waals surface area (Å²) in [5, 5.41) is 13.9. The molecule has 0 saturated carbocycles. The van der Waals surface area contributed by atoms with Crippen LogP contribution in [0.4, 0.5) is 10.1 Å². The second kappa shape index (κ2) is 6.44. The number of hydrogen-bond donors (Lipinski definition) is 1. The number of aromatic nitrogens is 2. The molecule has 0 bridgehead atoms. The number of benzene rings is 1. The number of hydrogen-bond acceptors (Lipinski definition) is 7. The summed E-state index contributed by atoms with van der Waals surface area (Å²) in [7, 11) is 0. The molecule has 2 atom stereocenters. The van der Waals surface area contributed by atoms with Crippen molar-refractivity contribution < 1.29 is 23.6 Å². The highest BCUT2D eigenvalue weighted by atomic mass is 19.1. The second-order valence-corrected chi connectivity index (χ2v) is 6.28. The van der Waals surface area contributed by atoms with Gasteiger partial charge in [0.15, 0.2) is 0 Å². The van der Waals surface area contributed by atoms with Crippen LogP contribution in [0.3, 0.4) is 0 Å². The number of halogens is 1. The van der Waals surface area contributed by atoms with Crippen molar-refractivity contribution in [2.75, 3.05) is 18.1 Å². The van der Waals surface area contributed by atoms with Crippen LogP contribution in [0.25, 0.3) is 11.4 Å². The van der Waals surface area contributed by atoms with Gasteiger partial charge in [-0.3, -0.25) is 0 Å². The van der Waals surface area contributed by atoms with Crippen molar-refractivity contribution in [2.45, 2.75) is 38.8 Å². The van der Waals surface area contributed by atoms with Crippen molar-refractivity contribution in [2.24, 2.45) is 0 Å². The molecule has 0 unspecified atom stereocenters. The molecule has 1 aliphatic rings. The van der Waals surface area contributed by atoms with Crippen LogP contribution in [-0.2, 0) is 4.74 Å². The molecule has 1 saturated heterocycles. The Hall–Kier alpha value is -2.48. The van der Waals surface area contributed by atoms with Gasteiger partial charge in [0.2, 0.25) is 5.82 Å². The van der Waals surface area contributed by atoms with E-state index < -0.39 is 17.4 Å². The third-order valence-electron chi connectivity index (χ3n) is 4.63. The van der Waals surface area contributed by atoms with Gasteiger partial charge >= 0.3 is 11.9 Å². The Bertz CT molecular complexity index is 790. The maximum Gasteiger partial charge on any atom is 0.397 e. The molecular formula is C17H20FN3O4. The highest BCUT2D eigenvalue weighted by Crippen LogP contribution is 2.34. The van der Waals surface area contributed by atoms with Crippen LogP contribution < -0.4 is 4.90 Å². The van der Waals surface area contributed by atoms with Crippen LogP contribution in [0.1, 0.15) is 37.9 Å². The van der Waals surface area contributed by atoms with Crippen molar-refractivity contribution in [3.63, 3.8) is 0 Å². The number of rotatable bonds is 4. The quantitative estimate of drug-likeness (QED) is 0.848. The van der Waals surface area contributed by atoms with Crippen molar-refractivity contribution in [3.05, 3.63) is 29.9 Å². The molecule has 1 aromatic heterocycles. The minimum absolute atomic E-state index is 0.0198. The van der Waals surface area contributed by atoms with Crippen molar-refractivity contribution in [3.8, 4) is 11.4 Å². The Labute approximate surface area is 144 Å². The van der Waals surface area contributed by atoms with Crippen LogP contribution in [-0.4, -0.2) is 46.0 Å². The summed E-state index contributed by atoms with van der Waals surface area (Å²) in [4.78, 5) is 17.4. The van der Waals surface area contributed by atoms with E-state index in [1.54, 1.807) is 19.9 Å². The number of aliphatic hydroxyl groups is 1. The maximum atomic E-state index is 14.5. The Morgan fingerprint density at radius 3 is 2.92 bits per heavy atom. The fourth-order valence-electron chi connectivity index (χ4n) is 2.91. The van der Waals surface area contributed by atoms with Gasteiger partial charge in [-0.2, -0.15) is 4.98 Å². The van der Waals surface area contributed by atoms with Crippen molar-refractivity contribution >= 4 is 11.7 Å². The fourth-order valence-corrected chi connectivity index (χ4v) is 2.91. The van der Waals surface area contributed by atoms with E-state index in [0.29, 0.717) is 18.7 Å². The van der Waals surface area contributed by atoms with Crippen LogP contribution in [0, 0.1) is 5.82 Å². The van der Waals surface area contributed by atoms with Gasteiger partial charge in [0.1, 0.15) is 5.82 Å². The molecule has 1 aliphatic heterocycles. The average Bonchev–Trinajstić information content (AvgIpc) is 3.14. The maximum absolute atomic E-state index is 14.5. The minimum atomic E-state index is -0.808. The second-order valence-electron chi connectivity index (χ2n) is 6.28. The smallest absolute Gasteiger partial charge is 0.397 e. The van der Waals surface area contributed by atoms with E-state index in [1.165, 1.54) is 12.1 Å². The standard InChI is InChI=1S/C17H20FN3O4/c1-4-24-16(22)15-19-14(20-25-15)12-6-5-11(9-13(12)18)21-8-7-17(3,23)10(21)2/h5-6,9-10,23H,4,7-8H2,1-3H3/t10-,17-/m0/s1. The zero-order chi connectivity index (χ0) is 18.2. The number of carbonyl (C=O) groups excluding carboxylic acids is 1. The molecule has 0 radical (unpaired) electrons. The SMILES string of the molecule is CCOC(=O)c1nc(-c2ccc(N3CC[C@](C)(O)[C@@H]3C)cc2F)no1. The molecule has 8 heteroatoms. The van der Waals surface area contributed by atoms with Crippen LogP contribution in [0.5, 0.6) is 0 Å². The first-order chi connectivity index (χ1) is 11.8. The Balaban J connectivity index is 1.85. The first-order valence-corrected chi connectivity index (χ1v) is 8.13. The molecule has 0 aliphatic carbocycles. The molecule has 1 N–H and O–H groups in total. The van der Waals surface area contributed by atoms with Crippen molar-refractivity contribution in [1.29, 1.82) is 0 Å². The van der Waals surface area contributed by atoms with E-state index in [4.69, 9.17) is 9.26 Å². The minimum Gasteiger partial charge on any atom is -0.459 e. The van der Waals surface area contributed by atoms with Gasteiger partial charge in [-0.05, 0) is 45.4 Å². The summed E-state index contributed by atoms with van der Waals surface area (Å²) in [6, 6.07) is 4.51. The molecule has 25 heavy (non-hydrogen) atoms. The molecule has 3 rings (SSSR count). The van der Waals surface area contributed by atoms with Gasteiger partial charge in [-0.15, -0.1) is 0 Å². The number of esters is 1. The highest BCUT2D eigenvalue weighted by molar-refractivity contribution is 5.84. The van der Waals surface area contributed by atoms with E-state index in [1.807, 2.05) is 11.8 Å². The normalized spacial score (nSPS) is 23.1. The summed E-state index contributed by atoms with van der Waals surface area (Å²) in [6.07, 6.45) is 0.616. The molecular weight excluding hydrogens is 329 g/mol. The van der Waals surface area contributed by atoms with Gasteiger partial charge in [-0.1, -0.05) is 5.16 Å². The topological polar surface area (TPSA) is 88.7 Å². The van der Waals surface area contributed by atoms with E-state index in [0.717, 1.165) is 0 Å². The monoisotopic (exact) mass is 349 g/mol. The third-order valence-corrected chi connectivity index (χ3v) is 4.63. The molecule has 7 nitrogen and oxygen atoms in total. The largest absolute Gasteiger partial charge is 0.459 e. The summed E-state index contributed by atoms with van der Waals surface area (Å²) in [5.41, 5.74) is -0.0144. The number of ether oxygens (including phenoxy) is 1. The van der Waals surface area contributed by atoms with Gasteiger partial charge < -0.3 is 19.3 Å². The Morgan fingerprint density at radius 1 is 1.56 bits per heavy atom. The van der Waals surface area contributed by atoms with Crippen LogP contribution in [0.2, 0.25) is 0 Å². The fraction of sp³-hybridized carbons (Fsp3) is 0.471. The number of carbonyl (C=O) groups is 1. The number of anilines is 1. The molecule has 1 fully saturated rings. The summed E-state index contributed by atoms with van der Waals surface area (Å²) in [6.45, 7) is 6.16. The van der Waals surface area contributed by atoms with Gasteiger partial charge in [0, 0.05) is 12.2 Å². The Morgan fingerprint density at radius 2 is 2.32 bits per heavy atom. The van der Waals surface area contributed by atoms with E-state index in [9.17, 15) is 14.3 Å².